The quantitative estimate of drug-likeness (QED) is 0.403. The van der Waals surface area contributed by atoms with Crippen molar-refractivity contribution in [1.29, 1.82) is 0 Å². The molecule has 0 N–H and O–H groups in total. The molecule has 2 aromatic carbocycles. The lowest BCUT2D eigenvalue weighted by atomic mass is 10.00. The third-order valence-electron chi connectivity index (χ3n) is 2.77. The Labute approximate surface area is 121 Å². The van der Waals surface area contributed by atoms with Crippen LogP contribution in [0.15, 0.2) is 48.5 Å². The zero-order valence-electron chi connectivity index (χ0n) is 9.95. The van der Waals surface area contributed by atoms with E-state index in [1.165, 1.54) is 6.07 Å². The highest BCUT2D eigenvalue weighted by atomic mass is 32.1. The van der Waals surface area contributed by atoms with Crippen molar-refractivity contribution in [1.82, 2.24) is 0 Å². The van der Waals surface area contributed by atoms with Crippen LogP contribution < -0.4 is 0 Å². The molecule has 2 aromatic rings. The van der Waals surface area contributed by atoms with E-state index in [9.17, 15) is 10.1 Å². The fourth-order valence-corrected chi connectivity index (χ4v) is 2.28. The molecular weight excluding hydrogens is 278 g/mol. The Morgan fingerprint density at radius 1 is 1.21 bits per heavy atom. The Hall–Kier alpha value is -1.72. The first kappa shape index (κ1) is 13.7. The van der Waals surface area contributed by atoms with Gasteiger partial charge in [-0.15, -0.1) is 12.6 Å². The highest BCUT2D eigenvalue weighted by molar-refractivity contribution is 8.11. The number of hydrogen-bond acceptors (Lipinski definition) is 3. The fourth-order valence-electron chi connectivity index (χ4n) is 1.86. The van der Waals surface area contributed by atoms with Gasteiger partial charge in [0.1, 0.15) is 0 Å². The Balaban J connectivity index is 2.43. The molecule has 0 fully saturated rings. The summed E-state index contributed by atoms with van der Waals surface area (Å²) in [6.07, 6.45) is 0.596. The third kappa shape index (κ3) is 3.39. The number of thiocarbonyl (C=S) groups is 1. The van der Waals surface area contributed by atoms with Gasteiger partial charge >= 0.3 is 0 Å². The summed E-state index contributed by atoms with van der Waals surface area (Å²) in [5.74, 6) is 0. The lowest BCUT2D eigenvalue weighted by Crippen LogP contribution is -2.00. The van der Waals surface area contributed by atoms with Crippen LogP contribution in [0.3, 0.4) is 0 Å². The first-order chi connectivity index (χ1) is 9.08. The predicted molar refractivity (Wildman–Crippen MR) is 83.0 cm³/mol. The SMILES string of the molecule is O=[N+]([O-])c1ccc(C(=S)S)c(Cc2ccccc2)c1. The Kier molecular flexibility index (Phi) is 4.29. The van der Waals surface area contributed by atoms with E-state index in [0.29, 0.717) is 10.6 Å². The topological polar surface area (TPSA) is 43.1 Å². The molecule has 0 aliphatic heterocycles. The van der Waals surface area contributed by atoms with Gasteiger partial charge in [0, 0.05) is 17.7 Å². The van der Waals surface area contributed by atoms with Crippen molar-refractivity contribution < 1.29 is 4.92 Å². The molecular formula is C14H11NO2S2. The fraction of sp³-hybridized carbons (Fsp3) is 0.0714. The van der Waals surface area contributed by atoms with Crippen molar-refractivity contribution in [3.8, 4) is 0 Å². The van der Waals surface area contributed by atoms with Crippen LogP contribution >= 0.6 is 24.8 Å². The number of thiol groups is 1. The molecule has 0 amide bonds. The molecule has 3 nitrogen and oxygen atoms in total. The molecule has 0 bridgehead atoms. The van der Waals surface area contributed by atoms with Gasteiger partial charge in [0.15, 0.2) is 0 Å². The van der Waals surface area contributed by atoms with Crippen LogP contribution in [0.1, 0.15) is 16.7 Å². The molecule has 0 unspecified atom stereocenters. The molecule has 0 spiro atoms. The van der Waals surface area contributed by atoms with Crippen LogP contribution in [0.25, 0.3) is 0 Å². The van der Waals surface area contributed by atoms with Crippen molar-refractivity contribution in [2.75, 3.05) is 0 Å². The lowest BCUT2D eigenvalue weighted by molar-refractivity contribution is -0.384. The van der Waals surface area contributed by atoms with Crippen molar-refractivity contribution >= 4 is 34.7 Å². The second-order valence-corrected chi connectivity index (χ2v) is 5.22. The maximum absolute atomic E-state index is 10.8. The molecule has 19 heavy (non-hydrogen) atoms. The van der Waals surface area contributed by atoms with E-state index in [0.717, 1.165) is 16.7 Å². The van der Waals surface area contributed by atoms with Gasteiger partial charge < -0.3 is 0 Å². The Morgan fingerprint density at radius 3 is 2.47 bits per heavy atom. The van der Waals surface area contributed by atoms with Crippen LogP contribution in [-0.4, -0.2) is 9.12 Å². The summed E-state index contributed by atoms with van der Waals surface area (Å²) in [6, 6.07) is 14.4. The van der Waals surface area contributed by atoms with E-state index in [1.807, 2.05) is 30.3 Å². The summed E-state index contributed by atoms with van der Waals surface area (Å²) >= 11 is 9.24. The second kappa shape index (κ2) is 5.95. The number of rotatable bonds is 4. The number of nitrogens with zero attached hydrogens (tertiary/aromatic N) is 1. The maximum atomic E-state index is 10.8. The largest absolute Gasteiger partial charge is 0.269 e. The first-order valence-electron chi connectivity index (χ1n) is 5.62. The van der Waals surface area contributed by atoms with E-state index in [2.05, 4.69) is 12.6 Å². The van der Waals surface area contributed by atoms with E-state index in [4.69, 9.17) is 12.2 Å². The van der Waals surface area contributed by atoms with Gasteiger partial charge in [0.2, 0.25) is 0 Å². The highest BCUT2D eigenvalue weighted by Gasteiger charge is 2.12. The minimum atomic E-state index is -0.403. The summed E-state index contributed by atoms with van der Waals surface area (Å²) in [5, 5.41) is 10.8. The van der Waals surface area contributed by atoms with Crippen LogP contribution in [0, 0.1) is 10.1 Å². The molecule has 0 aliphatic carbocycles. The molecule has 0 saturated heterocycles. The maximum Gasteiger partial charge on any atom is 0.269 e. The normalized spacial score (nSPS) is 10.2. The molecule has 0 aliphatic rings. The van der Waals surface area contributed by atoms with Crippen LogP contribution in [0.4, 0.5) is 5.69 Å². The first-order valence-corrected chi connectivity index (χ1v) is 6.48. The van der Waals surface area contributed by atoms with Crippen LogP contribution in [-0.2, 0) is 6.42 Å². The standard InChI is InChI=1S/C14H11NO2S2/c16-15(17)12-6-7-13(14(18)19)11(9-12)8-10-4-2-1-3-5-10/h1-7,9H,8H2,(H,18,19). The number of nitro groups is 1. The van der Waals surface area contributed by atoms with Gasteiger partial charge in [0.25, 0.3) is 5.69 Å². The molecule has 0 atom stereocenters. The molecule has 0 saturated carbocycles. The zero-order valence-corrected chi connectivity index (χ0v) is 11.7. The molecule has 0 aromatic heterocycles. The monoisotopic (exact) mass is 289 g/mol. The van der Waals surface area contributed by atoms with E-state index < -0.39 is 4.92 Å². The molecule has 2 rings (SSSR count). The summed E-state index contributed by atoms with van der Waals surface area (Å²) < 4.78 is 0.445. The minimum Gasteiger partial charge on any atom is -0.258 e. The van der Waals surface area contributed by atoms with Crippen LogP contribution in [0.2, 0.25) is 0 Å². The summed E-state index contributed by atoms with van der Waals surface area (Å²) in [4.78, 5) is 10.4. The third-order valence-corrected chi connectivity index (χ3v) is 3.23. The lowest BCUT2D eigenvalue weighted by Gasteiger charge is -2.08. The molecule has 5 heteroatoms. The number of nitro benzene ring substituents is 1. The van der Waals surface area contributed by atoms with Crippen molar-refractivity contribution in [2.24, 2.45) is 0 Å². The van der Waals surface area contributed by atoms with Crippen molar-refractivity contribution in [3.63, 3.8) is 0 Å². The zero-order chi connectivity index (χ0) is 13.8. The number of benzene rings is 2. The average molecular weight is 289 g/mol. The minimum absolute atomic E-state index is 0.0688. The summed E-state index contributed by atoms with van der Waals surface area (Å²) in [6.45, 7) is 0. The van der Waals surface area contributed by atoms with E-state index >= 15 is 0 Å². The molecule has 0 heterocycles. The summed E-state index contributed by atoms with van der Waals surface area (Å²) in [5.41, 5.74) is 2.74. The highest BCUT2D eigenvalue weighted by Crippen LogP contribution is 2.22. The van der Waals surface area contributed by atoms with E-state index in [1.54, 1.807) is 12.1 Å². The van der Waals surface area contributed by atoms with Crippen LogP contribution in [0.5, 0.6) is 0 Å². The van der Waals surface area contributed by atoms with E-state index in [-0.39, 0.29) is 5.69 Å². The van der Waals surface area contributed by atoms with Gasteiger partial charge in [-0.3, -0.25) is 10.1 Å². The number of non-ortho nitro benzene ring substituents is 1. The second-order valence-electron chi connectivity index (χ2n) is 4.07. The Bertz CT molecular complexity index is 627. The van der Waals surface area contributed by atoms with Crippen molar-refractivity contribution in [2.45, 2.75) is 6.42 Å². The number of hydrogen-bond donors (Lipinski definition) is 1. The predicted octanol–water partition coefficient (Wildman–Crippen LogP) is 3.79. The molecule has 0 radical (unpaired) electrons. The summed E-state index contributed by atoms with van der Waals surface area (Å²) in [7, 11) is 0. The van der Waals surface area contributed by atoms with Gasteiger partial charge in [-0.1, -0.05) is 42.5 Å². The van der Waals surface area contributed by atoms with Gasteiger partial charge in [0.05, 0.1) is 9.12 Å². The van der Waals surface area contributed by atoms with Gasteiger partial charge in [-0.2, -0.15) is 0 Å². The van der Waals surface area contributed by atoms with Gasteiger partial charge in [-0.25, -0.2) is 0 Å². The Morgan fingerprint density at radius 2 is 1.89 bits per heavy atom. The van der Waals surface area contributed by atoms with Crippen molar-refractivity contribution in [3.05, 3.63) is 75.3 Å². The smallest absolute Gasteiger partial charge is 0.258 e. The average Bonchev–Trinajstić information content (AvgIpc) is 2.39. The molecule has 96 valence electrons. The van der Waals surface area contributed by atoms with Gasteiger partial charge in [-0.05, 0) is 23.6 Å².